The quantitative estimate of drug-likeness (QED) is 0.514. The fourth-order valence-electron chi connectivity index (χ4n) is 3.33. The first-order chi connectivity index (χ1) is 15.2. The summed E-state index contributed by atoms with van der Waals surface area (Å²) in [5, 5.41) is 15.7. The van der Waals surface area contributed by atoms with Gasteiger partial charge in [0, 0.05) is 12.6 Å². The first kappa shape index (κ1) is 24.9. The molecule has 1 amide bonds. The number of para-hydroxylation sites is 1. The van der Waals surface area contributed by atoms with E-state index in [0.717, 1.165) is 5.56 Å². The molecule has 168 valence electrons. The maximum absolute atomic E-state index is 12.4. The number of halogens is 1. The average Bonchev–Trinajstić information content (AvgIpc) is 3.15. The molecule has 2 aromatic heterocycles. The van der Waals surface area contributed by atoms with E-state index in [1.54, 1.807) is 24.3 Å². The van der Waals surface area contributed by atoms with Gasteiger partial charge in [-0.1, -0.05) is 17.7 Å². The normalized spacial score (nSPS) is 13.1. The van der Waals surface area contributed by atoms with Crippen molar-refractivity contribution in [3.05, 3.63) is 41.4 Å². The summed E-state index contributed by atoms with van der Waals surface area (Å²) in [6.45, 7) is 6.89. The molecule has 1 aromatic carbocycles. The largest absolute Gasteiger partial charge is 2.00 e. The molecule has 0 bridgehead atoms. The fourth-order valence-corrected chi connectivity index (χ4v) is 3.49. The Bertz CT molecular complexity index is 1150. The Labute approximate surface area is 209 Å². The zero-order valence-corrected chi connectivity index (χ0v) is 22.7. The van der Waals surface area contributed by atoms with Crippen molar-refractivity contribution < 1.29 is 33.7 Å². The number of carbonyl (C=O) groups is 1. The Hall–Kier alpha value is -2.78. The van der Waals surface area contributed by atoms with Crippen molar-refractivity contribution in [1.29, 1.82) is 0 Å². The molecule has 0 unspecified atom stereocenters. The third kappa shape index (κ3) is 5.78. The van der Waals surface area contributed by atoms with Crippen molar-refractivity contribution in [2.75, 3.05) is 19.0 Å². The van der Waals surface area contributed by atoms with Crippen molar-refractivity contribution in [2.24, 2.45) is 0 Å². The molecule has 0 fully saturated rings. The molecule has 33 heavy (non-hydrogen) atoms. The van der Waals surface area contributed by atoms with E-state index in [2.05, 4.69) is 25.6 Å². The fraction of sp³-hybridized carbons (Fsp3) is 0.381. The standard InChI is InChI=1S/C21H24ClN7O3.Zn/c1-21(2,3)32-20(30)28-8-9-29-17(12-28)25-19(27-29)14-6-5-7-15(18(14)31-4)24-13-10-16(22)26-23-11-13;/h5-7,10-11H,8-9,12H2,1-4H3,(H,24,26);/q;+2. The minimum atomic E-state index is -0.553. The van der Waals surface area contributed by atoms with Crippen molar-refractivity contribution in [1.82, 2.24) is 29.9 Å². The van der Waals surface area contributed by atoms with Gasteiger partial charge < -0.3 is 14.8 Å². The van der Waals surface area contributed by atoms with E-state index in [0.29, 0.717) is 48.4 Å². The number of aromatic nitrogens is 5. The number of nitrogens with one attached hydrogen (secondary N) is 1. The van der Waals surface area contributed by atoms with Crippen LogP contribution in [-0.4, -0.2) is 55.2 Å². The molecule has 0 spiro atoms. The van der Waals surface area contributed by atoms with Gasteiger partial charge in [0.2, 0.25) is 0 Å². The van der Waals surface area contributed by atoms with Crippen LogP contribution in [0.2, 0.25) is 5.15 Å². The molecule has 3 aromatic rings. The van der Waals surface area contributed by atoms with Crippen molar-refractivity contribution in [3.8, 4) is 17.1 Å². The number of nitrogens with zero attached hydrogens (tertiary/aromatic N) is 6. The van der Waals surface area contributed by atoms with Gasteiger partial charge in [-0.25, -0.2) is 14.5 Å². The van der Waals surface area contributed by atoms with Crippen LogP contribution in [0.5, 0.6) is 5.75 Å². The summed E-state index contributed by atoms with van der Waals surface area (Å²) >= 11 is 5.93. The molecule has 1 aliphatic rings. The van der Waals surface area contributed by atoms with E-state index in [9.17, 15) is 4.79 Å². The van der Waals surface area contributed by atoms with E-state index in [4.69, 9.17) is 21.1 Å². The molecule has 4 rings (SSSR count). The van der Waals surface area contributed by atoms with Gasteiger partial charge in [-0.05, 0) is 32.9 Å². The van der Waals surface area contributed by atoms with Crippen LogP contribution in [0.25, 0.3) is 11.4 Å². The predicted molar refractivity (Wildman–Crippen MR) is 119 cm³/mol. The van der Waals surface area contributed by atoms with Gasteiger partial charge in [0.05, 0.1) is 43.3 Å². The number of hydrogen-bond donors (Lipinski definition) is 1. The summed E-state index contributed by atoms with van der Waals surface area (Å²) < 4.78 is 13.0. The summed E-state index contributed by atoms with van der Waals surface area (Å²) in [7, 11) is 1.59. The maximum Gasteiger partial charge on any atom is 2.00 e. The van der Waals surface area contributed by atoms with Gasteiger partial charge in [-0.15, -0.1) is 5.10 Å². The van der Waals surface area contributed by atoms with Gasteiger partial charge in [0.15, 0.2) is 16.7 Å². The van der Waals surface area contributed by atoms with Crippen LogP contribution < -0.4 is 10.1 Å². The molecule has 1 N–H and O–H groups in total. The predicted octanol–water partition coefficient (Wildman–Crippen LogP) is 3.89. The third-order valence-corrected chi connectivity index (χ3v) is 4.86. The van der Waals surface area contributed by atoms with Crippen LogP contribution in [0.3, 0.4) is 0 Å². The average molecular weight is 523 g/mol. The minimum Gasteiger partial charge on any atom is -0.494 e. The van der Waals surface area contributed by atoms with Gasteiger partial charge in [-0.2, -0.15) is 10.2 Å². The Morgan fingerprint density at radius 3 is 2.73 bits per heavy atom. The number of ether oxygens (including phenoxy) is 2. The second-order valence-electron chi connectivity index (χ2n) is 8.26. The monoisotopic (exact) mass is 521 g/mol. The van der Waals surface area contributed by atoms with Crippen molar-refractivity contribution in [2.45, 2.75) is 39.5 Å². The molecule has 0 saturated heterocycles. The molecule has 0 saturated carbocycles. The van der Waals surface area contributed by atoms with Crippen molar-refractivity contribution >= 4 is 29.1 Å². The van der Waals surface area contributed by atoms with Gasteiger partial charge >= 0.3 is 25.6 Å². The van der Waals surface area contributed by atoms with Crippen LogP contribution in [0.1, 0.15) is 26.6 Å². The number of rotatable bonds is 4. The number of fused-ring (bicyclic) bond motifs is 1. The van der Waals surface area contributed by atoms with Crippen LogP contribution in [0, 0.1) is 0 Å². The molecule has 12 heteroatoms. The second kappa shape index (κ2) is 10.0. The SMILES string of the molecule is COc1c(Nc2cnnc(Cl)c2)cccc1-c1nc2n(n1)CCN(C(=O)OC(C)(C)C)C2.[Zn+2]. The first-order valence-electron chi connectivity index (χ1n) is 10.1. The molecule has 10 nitrogen and oxygen atoms in total. The first-order valence-corrected chi connectivity index (χ1v) is 10.5. The Kier molecular flexibility index (Phi) is 7.54. The van der Waals surface area contributed by atoms with Crippen LogP contribution >= 0.6 is 11.6 Å². The molecule has 0 radical (unpaired) electrons. The van der Waals surface area contributed by atoms with Crippen LogP contribution in [0.15, 0.2) is 30.5 Å². The number of amides is 1. The Morgan fingerprint density at radius 1 is 1.24 bits per heavy atom. The van der Waals surface area contributed by atoms with E-state index >= 15 is 0 Å². The Morgan fingerprint density at radius 2 is 2.03 bits per heavy atom. The van der Waals surface area contributed by atoms with E-state index < -0.39 is 5.60 Å². The summed E-state index contributed by atoms with van der Waals surface area (Å²) in [5.41, 5.74) is 1.54. The molecule has 3 heterocycles. The molecule has 1 aliphatic heterocycles. The van der Waals surface area contributed by atoms with Gasteiger partial charge in [0.1, 0.15) is 11.4 Å². The Balaban J connectivity index is 0.00000306. The zero-order valence-electron chi connectivity index (χ0n) is 19.0. The number of methoxy groups -OCH3 is 1. The van der Waals surface area contributed by atoms with E-state index in [-0.39, 0.29) is 30.7 Å². The minimum absolute atomic E-state index is 0. The topological polar surface area (TPSA) is 107 Å². The summed E-state index contributed by atoms with van der Waals surface area (Å²) in [6, 6.07) is 7.30. The van der Waals surface area contributed by atoms with Gasteiger partial charge in [0.25, 0.3) is 0 Å². The number of anilines is 2. The molecule has 0 aliphatic carbocycles. The smallest absolute Gasteiger partial charge is 0.494 e. The summed E-state index contributed by atoms with van der Waals surface area (Å²) in [4.78, 5) is 18.7. The van der Waals surface area contributed by atoms with Crippen LogP contribution in [0.4, 0.5) is 16.2 Å². The molecular formula is C21H24ClN7O3Zn+2. The molecule has 0 atom stereocenters. The number of benzene rings is 1. The molecular weight excluding hydrogens is 499 g/mol. The maximum atomic E-state index is 12.4. The summed E-state index contributed by atoms with van der Waals surface area (Å²) in [6.07, 6.45) is 1.21. The van der Waals surface area contributed by atoms with E-state index in [1.807, 2.05) is 43.7 Å². The zero-order chi connectivity index (χ0) is 22.9. The summed E-state index contributed by atoms with van der Waals surface area (Å²) in [5.74, 6) is 1.77. The number of carbonyl (C=O) groups excluding carboxylic acids is 1. The third-order valence-electron chi connectivity index (χ3n) is 4.68. The van der Waals surface area contributed by atoms with Crippen LogP contribution in [-0.2, 0) is 37.3 Å². The van der Waals surface area contributed by atoms with Gasteiger partial charge in [-0.3, -0.25) is 4.90 Å². The number of hydrogen-bond acceptors (Lipinski definition) is 8. The van der Waals surface area contributed by atoms with Crippen molar-refractivity contribution in [3.63, 3.8) is 0 Å². The van der Waals surface area contributed by atoms with E-state index in [1.165, 1.54) is 0 Å². The second-order valence-corrected chi connectivity index (χ2v) is 8.64.